The van der Waals surface area contributed by atoms with E-state index in [2.05, 4.69) is 25.9 Å². The fraction of sp³-hybridized carbons (Fsp3) is 0. The van der Waals surface area contributed by atoms with Crippen molar-refractivity contribution in [2.75, 3.05) is 0 Å². The van der Waals surface area contributed by atoms with Crippen molar-refractivity contribution in [2.24, 2.45) is 4.99 Å². The summed E-state index contributed by atoms with van der Waals surface area (Å²) in [6, 6.07) is 19.6. The monoisotopic (exact) mass is 420 g/mol. The summed E-state index contributed by atoms with van der Waals surface area (Å²) in [5, 5.41) is 0. The van der Waals surface area contributed by atoms with Crippen LogP contribution in [-0.2, 0) is 0 Å². The molecule has 5 heteroatoms. The van der Waals surface area contributed by atoms with Crippen LogP contribution in [0.4, 0.5) is 10.1 Å². The summed E-state index contributed by atoms with van der Waals surface area (Å²) < 4.78 is 19.8. The van der Waals surface area contributed by atoms with Crippen LogP contribution < -0.4 is 0 Å². The van der Waals surface area contributed by atoms with Gasteiger partial charge in [-0.05, 0) is 66.2 Å². The van der Waals surface area contributed by atoms with Crippen molar-refractivity contribution >= 4 is 45.0 Å². The lowest BCUT2D eigenvalue weighted by molar-refractivity contribution is 0.616. The Bertz CT molecular complexity index is 1150. The van der Waals surface area contributed by atoms with Gasteiger partial charge in [0.2, 0.25) is 5.89 Å². The minimum Gasteiger partial charge on any atom is -0.436 e. The summed E-state index contributed by atoms with van der Waals surface area (Å²) in [4.78, 5) is 8.91. The zero-order valence-electron chi connectivity index (χ0n) is 14.1. The smallest absolute Gasteiger partial charge is 0.227 e. The van der Waals surface area contributed by atoms with Gasteiger partial charge in [-0.2, -0.15) is 0 Å². The summed E-state index contributed by atoms with van der Waals surface area (Å²) in [5.41, 5.74) is 3.97. The van der Waals surface area contributed by atoms with Gasteiger partial charge in [0.15, 0.2) is 5.58 Å². The fourth-order valence-electron chi connectivity index (χ4n) is 2.61. The molecule has 132 valence electrons. The lowest BCUT2D eigenvalue weighted by atomic mass is 10.2. The average molecular weight is 421 g/mol. The van der Waals surface area contributed by atoms with Crippen LogP contribution in [0, 0.1) is 5.82 Å². The number of oxazole rings is 1. The number of benzene rings is 3. The van der Waals surface area contributed by atoms with Gasteiger partial charge in [0.25, 0.3) is 0 Å². The van der Waals surface area contributed by atoms with Crippen molar-refractivity contribution in [2.45, 2.75) is 0 Å². The van der Waals surface area contributed by atoms with E-state index >= 15 is 0 Å². The number of aromatic nitrogens is 1. The summed E-state index contributed by atoms with van der Waals surface area (Å²) >= 11 is 3.45. The van der Waals surface area contributed by atoms with Crippen LogP contribution in [0.3, 0.4) is 0 Å². The maximum Gasteiger partial charge on any atom is 0.227 e. The topological polar surface area (TPSA) is 38.4 Å². The van der Waals surface area contributed by atoms with Crippen LogP contribution in [-0.4, -0.2) is 11.2 Å². The van der Waals surface area contributed by atoms with Gasteiger partial charge in [0.1, 0.15) is 11.3 Å². The highest BCUT2D eigenvalue weighted by Crippen LogP contribution is 2.27. The van der Waals surface area contributed by atoms with Crippen LogP contribution in [0.25, 0.3) is 28.6 Å². The molecule has 3 nitrogen and oxygen atoms in total. The quantitative estimate of drug-likeness (QED) is 0.340. The molecule has 4 aromatic rings. The zero-order valence-corrected chi connectivity index (χ0v) is 15.7. The molecule has 0 amide bonds. The highest BCUT2D eigenvalue weighted by atomic mass is 79.9. The Morgan fingerprint density at radius 1 is 1.00 bits per heavy atom. The third kappa shape index (κ3) is 4.20. The van der Waals surface area contributed by atoms with Crippen molar-refractivity contribution < 1.29 is 8.81 Å². The van der Waals surface area contributed by atoms with Gasteiger partial charge in [-0.25, -0.2) is 9.37 Å². The molecule has 0 atom stereocenters. The molecule has 0 N–H and O–H groups in total. The second-order valence-corrected chi connectivity index (χ2v) is 6.79. The van der Waals surface area contributed by atoms with E-state index in [-0.39, 0.29) is 5.82 Å². The third-order valence-corrected chi connectivity index (χ3v) is 4.40. The number of fused-ring (bicyclic) bond motifs is 1. The van der Waals surface area contributed by atoms with Gasteiger partial charge >= 0.3 is 0 Å². The normalized spacial score (nSPS) is 11.8. The first-order valence-electron chi connectivity index (χ1n) is 8.30. The molecule has 0 aliphatic carbocycles. The van der Waals surface area contributed by atoms with Crippen LogP contribution in [0.5, 0.6) is 0 Å². The number of halogens is 2. The van der Waals surface area contributed by atoms with E-state index in [1.807, 2.05) is 54.6 Å². The van der Waals surface area contributed by atoms with Gasteiger partial charge in [-0.3, -0.25) is 4.99 Å². The molecule has 1 heterocycles. The summed E-state index contributed by atoms with van der Waals surface area (Å²) in [6.45, 7) is 0. The van der Waals surface area contributed by atoms with E-state index in [1.54, 1.807) is 18.3 Å². The van der Waals surface area contributed by atoms with E-state index in [0.29, 0.717) is 17.0 Å². The standard InChI is InChI=1S/C22H14BrFN2O/c23-17-5-1-3-15(13-17)4-2-12-25-19-10-11-21-20(14-19)26-22(27-21)16-6-8-18(24)9-7-16/h1-14H. The first-order valence-corrected chi connectivity index (χ1v) is 9.09. The average Bonchev–Trinajstić information content (AvgIpc) is 3.09. The Hall–Kier alpha value is -3.05. The van der Waals surface area contributed by atoms with E-state index in [1.165, 1.54) is 12.1 Å². The van der Waals surface area contributed by atoms with E-state index < -0.39 is 0 Å². The van der Waals surface area contributed by atoms with Crippen molar-refractivity contribution in [3.8, 4) is 11.5 Å². The minimum atomic E-state index is -0.289. The molecule has 0 unspecified atom stereocenters. The second-order valence-electron chi connectivity index (χ2n) is 5.87. The molecule has 0 fully saturated rings. The van der Waals surface area contributed by atoms with Gasteiger partial charge < -0.3 is 4.42 Å². The van der Waals surface area contributed by atoms with Gasteiger partial charge in [0, 0.05) is 16.3 Å². The van der Waals surface area contributed by atoms with Crippen molar-refractivity contribution in [3.63, 3.8) is 0 Å². The molecule has 0 bridgehead atoms. The molecule has 0 saturated carbocycles. The van der Waals surface area contributed by atoms with Crippen LogP contribution in [0.1, 0.15) is 5.56 Å². The highest BCUT2D eigenvalue weighted by Gasteiger charge is 2.08. The SMILES string of the molecule is Fc1ccc(-c2nc3cc(N=CC=Cc4cccc(Br)c4)ccc3o2)cc1. The van der Waals surface area contributed by atoms with Gasteiger partial charge in [-0.1, -0.05) is 34.1 Å². The minimum absolute atomic E-state index is 0.289. The molecular formula is C22H14BrFN2O. The predicted molar refractivity (Wildman–Crippen MR) is 111 cm³/mol. The maximum atomic E-state index is 13.1. The third-order valence-electron chi connectivity index (χ3n) is 3.91. The molecule has 0 radical (unpaired) electrons. The molecule has 27 heavy (non-hydrogen) atoms. The van der Waals surface area contributed by atoms with Gasteiger partial charge in [0.05, 0.1) is 5.69 Å². The summed E-state index contributed by atoms with van der Waals surface area (Å²) in [6.07, 6.45) is 5.61. The van der Waals surface area contributed by atoms with Crippen molar-refractivity contribution in [1.29, 1.82) is 0 Å². The van der Waals surface area contributed by atoms with E-state index in [9.17, 15) is 4.39 Å². The van der Waals surface area contributed by atoms with Crippen molar-refractivity contribution in [1.82, 2.24) is 4.98 Å². The molecule has 0 aliphatic rings. The number of hydrogen-bond donors (Lipinski definition) is 0. The Kier molecular flexibility index (Phi) is 4.94. The molecule has 1 aromatic heterocycles. The lowest BCUT2D eigenvalue weighted by Gasteiger charge is -1.93. The van der Waals surface area contributed by atoms with Crippen LogP contribution in [0.15, 0.2) is 86.7 Å². The van der Waals surface area contributed by atoms with E-state index in [0.717, 1.165) is 21.3 Å². The lowest BCUT2D eigenvalue weighted by Crippen LogP contribution is -1.78. The molecule has 0 spiro atoms. The Labute approximate surface area is 164 Å². The molecule has 3 aromatic carbocycles. The molecule has 0 aliphatic heterocycles. The summed E-state index contributed by atoms with van der Waals surface area (Å²) in [7, 11) is 0. The molecule has 0 saturated heterocycles. The van der Waals surface area contributed by atoms with Crippen LogP contribution in [0.2, 0.25) is 0 Å². The number of aliphatic imine (C=N–C) groups is 1. The number of hydrogen-bond acceptors (Lipinski definition) is 3. The second kappa shape index (κ2) is 7.68. The first-order chi connectivity index (χ1) is 13.2. The zero-order chi connectivity index (χ0) is 18.6. The van der Waals surface area contributed by atoms with E-state index in [4.69, 9.17) is 4.42 Å². The number of rotatable bonds is 4. The largest absolute Gasteiger partial charge is 0.436 e. The highest BCUT2D eigenvalue weighted by molar-refractivity contribution is 9.10. The number of nitrogens with zero attached hydrogens (tertiary/aromatic N) is 2. The fourth-order valence-corrected chi connectivity index (χ4v) is 3.02. The number of allylic oxidation sites excluding steroid dienone is 1. The summed E-state index contributed by atoms with van der Waals surface area (Å²) in [5.74, 6) is 0.170. The van der Waals surface area contributed by atoms with Crippen LogP contribution >= 0.6 is 15.9 Å². The Balaban J connectivity index is 1.53. The Morgan fingerprint density at radius 3 is 2.67 bits per heavy atom. The Morgan fingerprint density at radius 2 is 1.85 bits per heavy atom. The van der Waals surface area contributed by atoms with Gasteiger partial charge in [-0.15, -0.1) is 0 Å². The molecular weight excluding hydrogens is 407 g/mol. The molecule has 4 rings (SSSR count). The maximum absolute atomic E-state index is 13.1. The van der Waals surface area contributed by atoms with Crippen molar-refractivity contribution in [3.05, 3.63) is 88.7 Å². The first kappa shape index (κ1) is 17.4. The predicted octanol–water partition coefficient (Wildman–Crippen LogP) is 6.81.